The lowest BCUT2D eigenvalue weighted by molar-refractivity contribution is 0.0719. The van der Waals surface area contributed by atoms with Gasteiger partial charge in [-0.15, -0.1) is 0 Å². The highest BCUT2D eigenvalue weighted by atomic mass is 19.1. The molecule has 1 heterocycles. The van der Waals surface area contributed by atoms with E-state index in [1.165, 1.54) is 25.6 Å². The first-order chi connectivity index (χ1) is 11.0. The van der Waals surface area contributed by atoms with Crippen LogP contribution in [0.5, 0.6) is 11.8 Å². The Hall–Kier alpha value is -3.03. The molecule has 0 saturated heterocycles. The molecule has 1 aromatic heterocycles. The summed E-state index contributed by atoms with van der Waals surface area (Å²) in [6, 6.07) is 6.04. The fraction of sp³-hybridized carbons (Fsp3) is 0.200. The summed E-state index contributed by atoms with van der Waals surface area (Å²) in [6.45, 7) is 0. The molecule has 0 spiro atoms. The van der Waals surface area contributed by atoms with Crippen molar-refractivity contribution in [1.82, 2.24) is 14.9 Å². The van der Waals surface area contributed by atoms with Crippen LogP contribution in [-0.2, 0) is 0 Å². The Balaban J connectivity index is 2.15. The molecule has 23 heavy (non-hydrogen) atoms. The number of aliphatic imine (C=N–C) groups is 1. The lowest BCUT2D eigenvalue weighted by Crippen LogP contribution is -2.11. The number of halogens is 1. The van der Waals surface area contributed by atoms with E-state index < -0.39 is 11.8 Å². The van der Waals surface area contributed by atoms with Gasteiger partial charge in [0.25, 0.3) is 0 Å². The fourth-order valence-corrected chi connectivity index (χ4v) is 1.52. The van der Waals surface area contributed by atoms with Crippen molar-refractivity contribution in [1.29, 1.82) is 0 Å². The monoisotopic (exact) mass is 318 g/mol. The first-order valence-corrected chi connectivity index (χ1v) is 6.59. The first kappa shape index (κ1) is 16.3. The predicted molar refractivity (Wildman–Crippen MR) is 81.8 cm³/mol. The fourth-order valence-electron chi connectivity index (χ4n) is 1.52. The van der Waals surface area contributed by atoms with Crippen molar-refractivity contribution in [3.63, 3.8) is 0 Å². The van der Waals surface area contributed by atoms with Crippen LogP contribution in [0.3, 0.4) is 0 Å². The molecule has 0 radical (unpaired) electrons. The molecule has 0 aliphatic rings. The molecular formula is C15H15FN4O3. The van der Waals surface area contributed by atoms with Gasteiger partial charge < -0.3 is 14.4 Å². The minimum Gasteiger partial charge on any atom is -0.497 e. The maximum atomic E-state index is 13.6. The summed E-state index contributed by atoms with van der Waals surface area (Å²) < 4.78 is 23.6. The summed E-state index contributed by atoms with van der Waals surface area (Å²) in [5.74, 6) is -0.986. The normalized spacial score (nSPS) is 10.6. The summed E-state index contributed by atoms with van der Waals surface area (Å²) in [6.07, 6.45) is 2.27. The van der Waals surface area contributed by atoms with E-state index in [0.29, 0.717) is 5.75 Å². The summed E-state index contributed by atoms with van der Waals surface area (Å²) in [7, 11) is 4.98. The second-order valence-electron chi connectivity index (χ2n) is 4.65. The van der Waals surface area contributed by atoms with E-state index in [1.807, 2.05) is 0 Å². The van der Waals surface area contributed by atoms with Gasteiger partial charge in [-0.2, -0.15) is 4.98 Å². The largest absolute Gasteiger partial charge is 0.497 e. The van der Waals surface area contributed by atoms with Gasteiger partial charge in [0.15, 0.2) is 11.6 Å². The Morgan fingerprint density at radius 2 is 2.00 bits per heavy atom. The van der Waals surface area contributed by atoms with E-state index in [-0.39, 0.29) is 17.4 Å². The second-order valence-corrected chi connectivity index (χ2v) is 4.65. The van der Waals surface area contributed by atoms with Gasteiger partial charge in [0.1, 0.15) is 5.75 Å². The van der Waals surface area contributed by atoms with Gasteiger partial charge in [-0.25, -0.2) is 19.2 Å². The van der Waals surface area contributed by atoms with Crippen molar-refractivity contribution >= 4 is 18.1 Å². The highest BCUT2D eigenvalue weighted by molar-refractivity contribution is 5.90. The van der Waals surface area contributed by atoms with E-state index in [4.69, 9.17) is 9.47 Å². The number of methoxy groups -OCH3 is 1. The zero-order valence-electron chi connectivity index (χ0n) is 12.9. The zero-order chi connectivity index (χ0) is 16.8. The topological polar surface area (TPSA) is 76.9 Å². The van der Waals surface area contributed by atoms with Crippen molar-refractivity contribution in [2.24, 2.45) is 4.99 Å². The van der Waals surface area contributed by atoms with Gasteiger partial charge in [0.2, 0.25) is 0 Å². The van der Waals surface area contributed by atoms with Crippen LogP contribution in [0, 0.1) is 5.82 Å². The first-order valence-electron chi connectivity index (χ1n) is 6.59. The van der Waals surface area contributed by atoms with Gasteiger partial charge in [0, 0.05) is 14.1 Å². The summed E-state index contributed by atoms with van der Waals surface area (Å²) in [5, 5.41) is 0. The molecule has 0 bridgehead atoms. The molecule has 0 aliphatic heterocycles. The number of benzene rings is 1. The van der Waals surface area contributed by atoms with Crippen molar-refractivity contribution < 1.29 is 18.7 Å². The van der Waals surface area contributed by atoms with Crippen LogP contribution in [0.15, 0.2) is 35.5 Å². The minimum atomic E-state index is -0.715. The quantitative estimate of drug-likeness (QED) is 0.477. The van der Waals surface area contributed by atoms with Crippen LogP contribution < -0.4 is 9.47 Å². The molecule has 0 fully saturated rings. The maximum Gasteiger partial charge on any atom is 0.345 e. The third-order valence-electron chi connectivity index (χ3n) is 2.62. The van der Waals surface area contributed by atoms with Crippen LogP contribution in [0.1, 0.15) is 10.4 Å². The van der Waals surface area contributed by atoms with Crippen LogP contribution in [0.4, 0.5) is 10.2 Å². The van der Waals surface area contributed by atoms with Gasteiger partial charge in [-0.3, -0.25) is 0 Å². The molecule has 120 valence electrons. The summed E-state index contributed by atoms with van der Waals surface area (Å²) in [5.41, 5.74) is 0.289. The number of aromatic nitrogens is 2. The molecule has 0 aliphatic carbocycles. The van der Waals surface area contributed by atoms with Gasteiger partial charge in [-0.05, 0) is 24.3 Å². The maximum absolute atomic E-state index is 13.6. The SMILES string of the molecule is COc1ccc(C(=O)Oc2ncc(F)c(/N=C/N(C)C)n2)cc1. The Bertz CT molecular complexity index is 717. The average Bonchev–Trinajstić information content (AvgIpc) is 2.55. The minimum absolute atomic E-state index is 0.216. The lowest BCUT2D eigenvalue weighted by atomic mass is 10.2. The predicted octanol–water partition coefficient (Wildman–Crippen LogP) is 2.06. The number of esters is 1. The molecule has 0 unspecified atom stereocenters. The van der Waals surface area contributed by atoms with Gasteiger partial charge in [-0.1, -0.05) is 0 Å². The number of carbonyl (C=O) groups is 1. The van der Waals surface area contributed by atoms with Crippen molar-refractivity contribution in [3.05, 3.63) is 41.8 Å². The van der Waals surface area contributed by atoms with Crippen LogP contribution >= 0.6 is 0 Å². The Morgan fingerprint density at radius 3 is 2.61 bits per heavy atom. The number of carbonyl (C=O) groups excluding carboxylic acids is 1. The van der Waals surface area contributed by atoms with Crippen LogP contribution in [-0.4, -0.2) is 48.4 Å². The number of nitrogens with zero attached hydrogens (tertiary/aromatic N) is 4. The standard InChI is InChI=1S/C15H15FN4O3/c1-20(2)9-18-13-12(16)8-17-15(19-13)23-14(21)10-4-6-11(22-3)7-5-10/h4-9H,1-3H3/b18-9+. The second kappa shape index (κ2) is 7.30. The molecule has 0 amide bonds. The molecule has 2 aromatic rings. The lowest BCUT2D eigenvalue weighted by Gasteiger charge is -2.05. The molecule has 0 N–H and O–H groups in total. The van der Waals surface area contributed by atoms with Crippen molar-refractivity contribution in [2.75, 3.05) is 21.2 Å². The van der Waals surface area contributed by atoms with Crippen LogP contribution in [0.25, 0.3) is 0 Å². The van der Waals surface area contributed by atoms with Gasteiger partial charge in [0.05, 0.1) is 25.2 Å². The molecule has 1 aromatic carbocycles. The zero-order valence-corrected chi connectivity index (χ0v) is 12.9. The Morgan fingerprint density at radius 1 is 1.30 bits per heavy atom. The molecular weight excluding hydrogens is 303 g/mol. The van der Waals surface area contributed by atoms with Gasteiger partial charge >= 0.3 is 12.0 Å². The van der Waals surface area contributed by atoms with E-state index in [2.05, 4.69) is 15.0 Å². The number of rotatable bonds is 5. The number of ether oxygens (including phenoxy) is 2. The summed E-state index contributed by atoms with van der Waals surface area (Å²) >= 11 is 0. The Kier molecular flexibility index (Phi) is 5.19. The van der Waals surface area contributed by atoms with Crippen molar-refractivity contribution in [3.8, 4) is 11.8 Å². The van der Waals surface area contributed by atoms with E-state index in [9.17, 15) is 9.18 Å². The highest BCUT2D eigenvalue weighted by Gasteiger charge is 2.13. The van der Waals surface area contributed by atoms with E-state index >= 15 is 0 Å². The van der Waals surface area contributed by atoms with Crippen molar-refractivity contribution in [2.45, 2.75) is 0 Å². The molecule has 2 rings (SSSR count). The van der Waals surface area contributed by atoms with Crippen LogP contribution in [0.2, 0.25) is 0 Å². The third-order valence-corrected chi connectivity index (χ3v) is 2.62. The third kappa shape index (κ3) is 4.47. The average molecular weight is 318 g/mol. The summed E-state index contributed by atoms with van der Waals surface area (Å²) in [4.78, 5) is 24.8. The number of hydrogen-bond donors (Lipinski definition) is 0. The van der Waals surface area contributed by atoms with E-state index in [1.54, 1.807) is 31.1 Å². The molecule has 8 heteroatoms. The number of hydrogen-bond acceptors (Lipinski definition) is 6. The molecule has 0 atom stereocenters. The van der Waals surface area contributed by atoms with E-state index in [0.717, 1.165) is 6.20 Å². The Labute approximate surface area is 132 Å². The molecule has 0 saturated carbocycles. The smallest absolute Gasteiger partial charge is 0.345 e. The molecule has 7 nitrogen and oxygen atoms in total. The highest BCUT2D eigenvalue weighted by Crippen LogP contribution is 2.17.